The van der Waals surface area contributed by atoms with Crippen molar-refractivity contribution in [3.05, 3.63) is 35.3 Å². The Balaban J connectivity index is 2.15. The first-order valence-electron chi connectivity index (χ1n) is 5.97. The van der Waals surface area contributed by atoms with Gasteiger partial charge in [0.2, 0.25) is 5.82 Å². The highest BCUT2D eigenvalue weighted by Gasteiger charge is 2.15. The molecular weight excluding hydrogens is 277 g/mol. The van der Waals surface area contributed by atoms with Crippen LogP contribution in [0.25, 0.3) is 0 Å². The molecule has 0 bridgehead atoms. The zero-order valence-electron chi connectivity index (χ0n) is 10.9. The van der Waals surface area contributed by atoms with Crippen LogP contribution in [-0.2, 0) is 0 Å². The van der Waals surface area contributed by atoms with E-state index in [0.29, 0.717) is 18.8 Å². The summed E-state index contributed by atoms with van der Waals surface area (Å²) in [6.45, 7) is 0.834. The maximum atomic E-state index is 13.2. The third kappa shape index (κ3) is 3.31. The third-order valence-corrected chi connectivity index (χ3v) is 2.52. The molecule has 0 unspecified atom stereocenters. The van der Waals surface area contributed by atoms with E-state index in [9.17, 15) is 4.39 Å². The van der Waals surface area contributed by atoms with Crippen LogP contribution in [0.15, 0.2) is 22.8 Å². The van der Waals surface area contributed by atoms with Crippen LogP contribution in [-0.4, -0.2) is 29.2 Å². The molecule has 0 fully saturated rings. The molecule has 0 spiro atoms. The minimum absolute atomic E-state index is 0.105. The molecule has 2 aromatic rings. The summed E-state index contributed by atoms with van der Waals surface area (Å²) in [5, 5.41) is 29.5. The van der Waals surface area contributed by atoms with Gasteiger partial charge in [0.05, 0.1) is 5.56 Å². The average molecular weight is 289 g/mol. The van der Waals surface area contributed by atoms with Crippen molar-refractivity contribution >= 4 is 17.3 Å². The normalized spacial score (nSPS) is 9.95. The molecule has 1 heterocycles. The van der Waals surface area contributed by atoms with Crippen LogP contribution < -0.4 is 16.4 Å². The summed E-state index contributed by atoms with van der Waals surface area (Å²) in [5.41, 5.74) is 5.79. The highest BCUT2D eigenvalue weighted by Crippen LogP contribution is 2.16. The van der Waals surface area contributed by atoms with Gasteiger partial charge in [0.1, 0.15) is 11.9 Å². The molecule has 0 radical (unpaired) electrons. The Morgan fingerprint density at radius 1 is 1.48 bits per heavy atom. The summed E-state index contributed by atoms with van der Waals surface area (Å²) >= 11 is 0. The van der Waals surface area contributed by atoms with E-state index in [1.54, 1.807) is 6.07 Å². The zero-order valence-corrected chi connectivity index (χ0v) is 10.9. The summed E-state index contributed by atoms with van der Waals surface area (Å²) in [6.07, 6.45) is 0. The number of halogens is 1. The Kier molecular flexibility index (Phi) is 4.43. The molecule has 2 rings (SSSR count). The second-order valence-corrected chi connectivity index (χ2v) is 3.98. The lowest BCUT2D eigenvalue weighted by molar-refractivity contribution is 0.308. The number of amidine groups is 1. The van der Waals surface area contributed by atoms with Gasteiger partial charge in [-0.05, 0) is 28.5 Å². The van der Waals surface area contributed by atoms with Crippen LogP contribution in [0.5, 0.6) is 0 Å². The molecule has 0 saturated heterocycles. The Hall–Kier alpha value is -2.99. The molecule has 0 saturated carbocycles. The molecular formula is C12H12FN7O. The van der Waals surface area contributed by atoms with Crippen molar-refractivity contribution < 1.29 is 9.02 Å². The van der Waals surface area contributed by atoms with Gasteiger partial charge < -0.3 is 16.4 Å². The summed E-state index contributed by atoms with van der Waals surface area (Å²) in [7, 11) is 0. The van der Waals surface area contributed by atoms with Crippen molar-refractivity contribution in [2.45, 2.75) is 0 Å². The van der Waals surface area contributed by atoms with Crippen molar-refractivity contribution in [3.63, 3.8) is 0 Å². The number of aromatic nitrogens is 2. The van der Waals surface area contributed by atoms with Gasteiger partial charge in [0, 0.05) is 18.8 Å². The van der Waals surface area contributed by atoms with E-state index in [-0.39, 0.29) is 22.9 Å². The third-order valence-electron chi connectivity index (χ3n) is 2.52. The van der Waals surface area contributed by atoms with Gasteiger partial charge in [-0.25, -0.2) is 9.02 Å². The fourth-order valence-electron chi connectivity index (χ4n) is 1.55. The molecule has 108 valence electrons. The maximum Gasteiger partial charge on any atom is 0.202 e. The van der Waals surface area contributed by atoms with Crippen LogP contribution in [0, 0.1) is 22.6 Å². The maximum absolute atomic E-state index is 13.2. The molecule has 0 aliphatic carbocycles. The number of hydrogen-bond donors (Lipinski definition) is 4. The fraction of sp³-hybridized carbons (Fsp3) is 0.167. The van der Waals surface area contributed by atoms with E-state index in [0.717, 1.165) is 6.07 Å². The minimum atomic E-state index is -0.622. The number of hydrogen-bond acceptors (Lipinski definition) is 7. The first-order chi connectivity index (χ1) is 10.2. The minimum Gasteiger partial charge on any atom is -0.364 e. The Morgan fingerprint density at radius 2 is 2.29 bits per heavy atom. The number of anilines is 2. The first-order valence-corrected chi connectivity index (χ1v) is 5.97. The van der Waals surface area contributed by atoms with E-state index in [2.05, 4.69) is 25.6 Å². The van der Waals surface area contributed by atoms with Gasteiger partial charge in [-0.2, -0.15) is 5.26 Å². The first kappa shape index (κ1) is 14.4. The highest BCUT2D eigenvalue weighted by atomic mass is 19.1. The standard InChI is InChI=1S/C12H12FN7O/c13-9-2-1-8(5-7(9)6-15)18-11(16)10-12(17-4-3-14)20-21-19-10/h1-2,5H,3-4,14H2,(H2,16,18)(H,17,20). The van der Waals surface area contributed by atoms with E-state index in [1.165, 1.54) is 12.1 Å². The fourth-order valence-corrected chi connectivity index (χ4v) is 1.55. The quantitative estimate of drug-likeness (QED) is 0.473. The van der Waals surface area contributed by atoms with Crippen LogP contribution in [0.2, 0.25) is 0 Å². The van der Waals surface area contributed by atoms with Gasteiger partial charge >= 0.3 is 0 Å². The number of nitrogens with zero attached hydrogens (tertiary/aromatic N) is 3. The smallest absolute Gasteiger partial charge is 0.202 e. The molecule has 0 aliphatic heterocycles. The van der Waals surface area contributed by atoms with Gasteiger partial charge in [-0.1, -0.05) is 0 Å². The summed E-state index contributed by atoms with van der Waals surface area (Å²) in [4.78, 5) is 0. The SMILES string of the molecule is N#Cc1cc(NC(=N)c2nonc2NCCN)ccc1F. The molecule has 9 heteroatoms. The van der Waals surface area contributed by atoms with Crippen LogP contribution in [0.1, 0.15) is 11.3 Å². The lowest BCUT2D eigenvalue weighted by Gasteiger charge is -2.07. The zero-order chi connectivity index (χ0) is 15.2. The predicted octanol–water partition coefficient (Wildman–Crippen LogP) is 0.888. The van der Waals surface area contributed by atoms with Gasteiger partial charge in [-0.15, -0.1) is 0 Å². The molecule has 1 aromatic heterocycles. The second kappa shape index (κ2) is 6.44. The molecule has 0 amide bonds. The Bertz CT molecular complexity index is 691. The van der Waals surface area contributed by atoms with Crippen molar-refractivity contribution in [1.82, 2.24) is 10.3 Å². The number of nitrogens with one attached hydrogen (secondary N) is 3. The lowest BCUT2D eigenvalue weighted by Crippen LogP contribution is -2.18. The van der Waals surface area contributed by atoms with Crippen molar-refractivity contribution in [3.8, 4) is 6.07 Å². The van der Waals surface area contributed by atoms with Crippen LogP contribution in [0.4, 0.5) is 15.9 Å². The van der Waals surface area contributed by atoms with E-state index in [4.69, 9.17) is 16.4 Å². The molecule has 8 nitrogen and oxygen atoms in total. The number of nitrogens with two attached hydrogens (primary N) is 1. The second-order valence-electron chi connectivity index (χ2n) is 3.98. The van der Waals surface area contributed by atoms with Crippen molar-refractivity contribution in [2.75, 3.05) is 23.7 Å². The summed E-state index contributed by atoms with van der Waals surface area (Å²) in [6, 6.07) is 5.57. The van der Waals surface area contributed by atoms with Crippen LogP contribution in [0.3, 0.4) is 0 Å². The molecule has 1 aromatic carbocycles. The Labute approximate surface area is 119 Å². The monoisotopic (exact) mass is 289 g/mol. The number of benzene rings is 1. The highest BCUT2D eigenvalue weighted by molar-refractivity contribution is 6.07. The van der Waals surface area contributed by atoms with Crippen molar-refractivity contribution in [2.24, 2.45) is 5.73 Å². The molecule has 5 N–H and O–H groups in total. The topological polar surface area (TPSA) is 137 Å². The average Bonchev–Trinajstić information content (AvgIpc) is 2.95. The van der Waals surface area contributed by atoms with Crippen molar-refractivity contribution in [1.29, 1.82) is 10.7 Å². The summed E-state index contributed by atoms with van der Waals surface area (Å²) in [5.74, 6) is -0.449. The van der Waals surface area contributed by atoms with Gasteiger partial charge in [0.15, 0.2) is 11.5 Å². The van der Waals surface area contributed by atoms with E-state index in [1.807, 2.05) is 0 Å². The summed E-state index contributed by atoms with van der Waals surface area (Å²) < 4.78 is 17.8. The Morgan fingerprint density at radius 3 is 3.00 bits per heavy atom. The lowest BCUT2D eigenvalue weighted by atomic mass is 10.2. The molecule has 0 atom stereocenters. The number of nitriles is 1. The largest absolute Gasteiger partial charge is 0.364 e. The van der Waals surface area contributed by atoms with E-state index < -0.39 is 5.82 Å². The molecule has 0 aliphatic rings. The van der Waals surface area contributed by atoms with Crippen LogP contribution >= 0.6 is 0 Å². The predicted molar refractivity (Wildman–Crippen MR) is 73.4 cm³/mol. The number of rotatable bonds is 5. The van der Waals surface area contributed by atoms with Gasteiger partial charge in [-0.3, -0.25) is 5.41 Å². The van der Waals surface area contributed by atoms with Gasteiger partial charge in [0.25, 0.3) is 0 Å². The molecule has 21 heavy (non-hydrogen) atoms. The van der Waals surface area contributed by atoms with E-state index >= 15 is 0 Å².